The zero-order valence-electron chi connectivity index (χ0n) is 18.7. The van der Waals surface area contributed by atoms with Gasteiger partial charge in [-0.05, 0) is 31.0 Å². The summed E-state index contributed by atoms with van der Waals surface area (Å²) in [4.78, 5) is 34.5. The maximum absolute atomic E-state index is 13.4. The van der Waals surface area contributed by atoms with Crippen LogP contribution in [0.2, 0.25) is 0 Å². The maximum Gasteiger partial charge on any atom is 0.355 e. The number of aryl methyl sites for hydroxylation is 2. The van der Waals surface area contributed by atoms with Crippen LogP contribution in [0, 0.1) is 13.8 Å². The Morgan fingerprint density at radius 3 is 2.00 bits per heavy atom. The van der Waals surface area contributed by atoms with Gasteiger partial charge in [-0.25, -0.2) is 19.1 Å². The number of aromatic nitrogens is 4. The molecule has 0 saturated carbocycles. The summed E-state index contributed by atoms with van der Waals surface area (Å²) in [5.41, 5.74) is 9.65. The zero-order valence-corrected chi connectivity index (χ0v) is 18.7. The largest absolute Gasteiger partial charge is 0.383 e. The van der Waals surface area contributed by atoms with Gasteiger partial charge in [0.2, 0.25) is 5.95 Å². The second-order valence-electron chi connectivity index (χ2n) is 8.05. The van der Waals surface area contributed by atoms with Gasteiger partial charge in [-0.3, -0.25) is 4.57 Å². The lowest BCUT2D eigenvalue weighted by atomic mass is 10.1. The first-order chi connectivity index (χ1) is 15.9. The highest BCUT2D eigenvalue weighted by Gasteiger charge is 2.15. The van der Waals surface area contributed by atoms with E-state index in [0.29, 0.717) is 5.82 Å². The molecule has 4 aromatic rings. The highest BCUT2D eigenvalue weighted by atomic mass is 16.2. The number of nitrogens with zero attached hydrogens (tertiary/aromatic N) is 4. The molecule has 3 N–H and O–H groups in total. The Balaban J connectivity index is 1.73. The lowest BCUT2D eigenvalue weighted by Gasteiger charge is -2.16. The molecule has 0 fully saturated rings. The number of hydrogen-bond donors (Lipinski definition) is 2. The van der Waals surface area contributed by atoms with Crippen molar-refractivity contribution in [2.75, 3.05) is 11.1 Å². The fourth-order valence-corrected chi connectivity index (χ4v) is 3.47. The van der Waals surface area contributed by atoms with E-state index < -0.39 is 11.4 Å². The van der Waals surface area contributed by atoms with E-state index in [-0.39, 0.29) is 25.6 Å². The SMILES string of the molecule is Cc1ccc(Cn2c(NCc3cccnc3N)nc(=O)n(Cc3ccc(C)cc3)c2=O)cc1. The molecule has 0 aliphatic rings. The van der Waals surface area contributed by atoms with Gasteiger partial charge in [-0.1, -0.05) is 65.7 Å². The molecule has 0 atom stereocenters. The minimum atomic E-state index is -0.609. The molecule has 168 valence electrons. The summed E-state index contributed by atoms with van der Waals surface area (Å²) in [6, 6.07) is 19.2. The van der Waals surface area contributed by atoms with Crippen LogP contribution in [0.4, 0.5) is 11.8 Å². The predicted octanol–water partition coefficient (Wildman–Crippen LogP) is 2.71. The summed E-state index contributed by atoms with van der Waals surface area (Å²) in [6.45, 7) is 4.69. The first-order valence-corrected chi connectivity index (χ1v) is 10.7. The summed E-state index contributed by atoms with van der Waals surface area (Å²) in [7, 11) is 0. The molecule has 0 bridgehead atoms. The number of nitrogens with one attached hydrogen (secondary N) is 1. The summed E-state index contributed by atoms with van der Waals surface area (Å²) in [5.74, 6) is 0.569. The average Bonchev–Trinajstić information content (AvgIpc) is 2.81. The van der Waals surface area contributed by atoms with Crippen molar-refractivity contribution >= 4 is 11.8 Å². The lowest BCUT2D eigenvalue weighted by Crippen LogP contribution is -2.43. The van der Waals surface area contributed by atoms with Crippen molar-refractivity contribution in [3.05, 3.63) is 116 Å². The molecular weight excluding hydrogens is 416 g/mol. The number of pyridine rings is 1. The predicted molar refractivity (Wildman–Crippen MR) is 129 cm³/mol. The van der Waals surface area contributed by atoms with E-state index in [2.05, 4.69) is 15.3 Å². The van der Waals surface area contributed by atoms with Crippen molar-refractivity contribution in [2.45, 2.75) is 33.5 Å². The zero-order chi connectivity index (χ0) is 23.4. The molecule has 33 heavy (non-hydrogen) atoms. The monoisotopic (exact) mass is 442 g/mol. The van der Waals surface area contributed by atoms with Crippen molar-refractivity contribution in [1.29, 1.82) is 0 Å². The van der Waals surface area contributed by atoms with Gasteiger partial charge in [0.1, 0.15) is 5.82 Å². The number of benzene rings is 2. The number of anilines is 2. The maximum atomic E-state index is 13.4. The van der Waals surface area contributed by atoms with Gasteiger partial charge >= 0.3 is 11.4 Å². The Hall–Kier alpha value is -4.20. The van der Waals surface area contributed by atoms with Gasteiger partial charge in [0, 0.05) is 18.3 Å². The fourth-order valence-electron chi connectivity index (χ4n) is 3.47. The third-order valence-electron chi connectivity index (χ3n) is 5.44. The topological polar surface area (TPSA) is 108 Å². The van der Waals surface area contributed by atoms with E-state index in [0.717, 1.165) is 32.4 Å². The van der Waals surface area contributed by atoms with E-state index >= 15 is 0 Å². The molecule has 2 aromatic carbocycles. The number of nitrogen functional groups attached to an aromatic ring is 1. The average molecular weight is 443 g/mol. The van der Waals surface area contributed by atoms with Crippen LogP contribution in [0.1, 0.15) is 27.8 Å². The van der Waals surface area contributed by atoms with Gasteiger partial charge in [0.05, 0.1) is 13.1 Å². The van der Waals surface area contributed by atoms with Crippen LogP contribution in [-0.2, 0) is 19.6 Å². The molecular formula is C25H26N6O2. The number of hydrogen-bond acceptors (Lipinski definition) is 6. The summed E-state index contributed by atoms with van der Waals surface area (Å²) in [5, 5.41) is 3.10. The molecule has 0 aliphatic carbocycles. The second kappa shape index (κ2) is 9.52. The summed E-state index contributed by atoms with van der Waals surface area (Å²) in [6.07, 6.45) is 1.61. The summed E-state index contributed by atoms with van der Waals surface area (Å²) >= 11 is 0. The minimum absolute atomic E-state index is 0.147. The van der Waals surface area contributed by atoms with Gasteiger partial charge in [0.25, 0.3) is 0 Å². The van der Waals surface area contributed by atoms with Crippen molar-refractivity contribution in [3.8, 4) is 0 Å². The molecule has 0 saturated heterocycles. The third kappa shape index (κ3) is 5.17. The van der Waals surface area contributed by atoms with Crippen LogP contribution in [-0.4, -0.2) is 19.1 Å². The van der Waals surface area contributed by atoms with E-state index in [1.807, 2.05) is 68.4 Å². The normalized spacial score (nSPS) is 10.8. The van der Waals surface area contributed by atoms with Crippen molar-refractivity contribution in [2.24, 2.45) is 0 Å². The number of rotatable bonds is 7. The molecule has 0 unspecified atom stereocenters. The minimum Gasteiger partial charge on any atom is -0.383 e. The highest BCUT2D eigenvalue weighted by Crippen LogP contribution is 2.12. The molecule has 0 aliphatic heterocycles. The van der Waals surface area contributed by atoms with Crippen LogP contribution in [0.15, 0.2) is 76.4 Å². The third-order valence-corrected chi connectivity index (χ3v) is 5.44. The quantitative estimate of drug-likeness (QED) is 0.456. The molecule has 0 radical (unpaired) electrons. The van der Waals surface area contributed by atoms with Crippen LogP contribution in [0.25, 0.3) is 0 Å². The van der Waals surface area contributed by atoms with Crippen LogP contribution < -0.4 is 22.4 Å². The van der Waals surface area contributed by atoms with E-state index in [1.165, 1.54) is 4.57 Å². The van der Waals surface area contributed by atoms with Gasteiger partial charge in [-0.2, -0.15) is 4.98 Å². The standard InChI is InChI=1S/C25H26N6O2/c1-17-5-9-19(10-6-17)15-30-23(28-14-21-4-3-13-27-22(21)26)29-24(32)31(25(30)33)16-20-11-7-18(2)8-12-20/h3-13H,14-16H2,1-2H3,(H2,26,27)(H,28,29,32). The molecule has 8 heteroatoms. The molecule has 2 aromatic heterocycles. The molecule has 4 rings (SSSR count). The highest BCUT2D eigenvalue weighted by molar-refractivity contribution is 5.41. The summed E-state index contributed by atoms with van der Waals surface area (Å²) < 4.78 is 2.63. The molecule has 0 spiro atoms. The Bertz CT molecular complexity index is 1370. The van der Waals surface area contributed by atoms with Gasteiger partial charge < -0.3 is 11.1 Å². The van der Waals surface area contributed by atoms with E-state index in [1.54, 1.807) is 12.3 Å². The Morgan fingerprint density at radius 1 is 0.848 bits per heavy atom. The smallest absolute Gasteiger partial charge is 0.355 e. The van der Waals surface area contributed by atoms with Crippen LogP contribution in [0.3, 0.4) is 0 Å². The van der Waals surface area contributed by atoms with E-state index in [9.17, 15) is 9.59 Å². The molecule has 2 heterocycles. The first-order valence-electron chi connectivity index (χ1n) is 10.7. The molecule has 8 nitrogen and oxygen atoms in total. The number of nitrogens with two attached hydrogens (primary N) is 1. The lowest BCUT2D eigenvalue weighted by molar-refractivity contribution is 0.586. The van der Waals surface area contributed by atoms with Crippen molar-refractivity contribution in [1.82, 2.24) is 19.1 Å². The molecule has 0 amide bonds. The van der Waals surface area contributed by atoms with E-state index in [4.69, 9.17) is 5.73 Å². The Morgan fingerprint density at radius 2 is 1.42 bits per heavy atom. The van der Waals surface area contributed by atoms with Crippen molar-refractivity contribution in [3.63, 3.8) is 0 Å². The van der Waals surface area contributed by atoms with Gasteiger partial charge in [0.15, 0.2) is 0 Å². The van der Waals surface area contributed by atoms with Crippen molar-refractivity contribution < 1.29 is 0 Å². The second-order valence-corrected chi connectivity index (χ2v) is 8.05. The van der Waals surface area contributed by atoms with Crippen LogP contribution >= 0.6 is 0 Å². The fraction of sp³-hybridized carbons (Fsp3) is 0.200. The van der Waals surface area contributed by atoms with Crippen LogP contribution in [0.5, 0.6) is 0 Å². The first kappa shape index (κ1) is 22.0. The Labute approximate surface area is 191 Å². The van der Waals surface area contributed by atoms with Gasteiger partial charge in [-0.15, -0.1) is 0 Å². The Kier molecular flexibility index (Phi) is 6.35.